The fourth-order valence-corrected chi connectivity index (χ4v) is 3.16. The van der Waals surface area contributed by atoms with Gasteiger partial charge in [0.15, 0.2) is 0 Å². The van der Waals surface area contributed by atoms with Crippen molar-refractivity contribution in [1.82, 2.24) is 4.31 Å². The van der Waals surface area contributed by atoms with Crippen molar-refractivity contribution in [1.29, 1.82) is 0 Å². The summed E-state index contributed by atoms with van der Waals surface area (Å²) in [5, 5.41) is 0.475. The fourth-order valence-electron chi connectivity index (χ4n) is 1.80. The van der Waals surface area contributed by atoms with E-state index in [1.54, 1.807) is 24.3 Å². The number of rotatable bonds is 4. The largest absolute Gasteiger partial charge is 0.396 e. The first-order valence-electron chi connectivity index (χ1n) is 6.07. The second-order valence-corrected chi connectivity index (χ2v) is 6.99. The van der Waals surface area contributed by atoms with Crippen LogP contribution in [0.3, 0.4) is 0 Å². The van der Waals surface area contributed by atoms with Gasteiger partial charge < -0.3 is 5.73 Å². The van der Waals surface area contributed by atoms with Crippen molar-refractivity contribution in [3.05, 3.63) is 58.9 Å². The van der Waals surface area contributed by atoms with Gasteiger partial charge in [0, 0.05) is 18.6 Å². The Hall–Kier alpha value is -1.63. The maximum atomic E-state index is 13.4. The van der Waals surface area contributed by atoms with E-state index >= 15 is 0 Å². The lowest BCUT2D eigenvalue weighted by Crippen LogP contribution is -2.26. The molecule has 0 aliphatic heterocycles. The maximum Gasteiger partial charge on any atom is 0.243 e. The zero-order valence-electron chi connectivity index (χ0n) is 11.3. The van der Waals surface area contributed by atoms with Gasteiger partial charge in [-0.05, 0) is 29.8 Å². The molecular weight excluding hydrogens is 315 g/mol. The Morgan fingerprint density at radius 3 is 2.52 bits per heavy atom. The summed E-state index contributed by atoms with van der Waals surface area (Å²) in [7, 11) is -2.40. The highest BCUT2D eigenvalue weighted by molar-refractivity contribution is 7.89. The lowest BCUT2D eigenvalue weighted by atomic mass is 10.2. The van der Waals surface area contributed by atoms with Crippen molar-refractivity contribution in [2.75, 3.05) is 12.8 Å². The minimum atomic E-state index is -3.81. The number of halogens is 2. The van der Waals surface area contributed by atoms with E-state index in [0.29, 0.717) is 10.6 Å². The molecule has 2 aromatic carbocycles. The van der Waals surface area contributed by atoms with E-state index in [2.05, 4.69) is 0 Å². The molecule has 0 aliphatic rings. The molecule has 0 fully saturated rings. The van der Waals surface area contributed by atoms with Crippen LogP contribution >= 0.6 is 11.6 Å². The lowest BCUT2D eigenvalue weighted by molar-refractivity contribution is 0.466. The monoisotopic (exact) mass is 328 g/mol. The van der Waals surface area contributed by atoms with Crippen LogP contribution in [0.2, 0.25) is 5.02 Å². The van der Waals surface area contributed by atoms with E-state index < -0.39 is 15.8 Å². The summed E-state index contributed by atoms with van der Waals surface area (Å²) in [6.45, 7) is 0.0913. The predicted octanol–water partition coefficient (Wildman–Crippen LogP) is 2.88. The number of benzene rings is 2. The minimum Gasteiger partial charge on any atom is -0.396 e. The van der Waals surface area contributed by atoms with Crippen LogP contribution in [0.15, 0.2) is 47.4 Å². The molecule has 0 saturated heterocycles. The Labute approximate surface area is 128 Å². The Morgan fingerprint density at radius 1 is 1.24 bits per heavy atom. The number of nitrogen functional groups attached to an aromatic ring is 1. The molecule has 112 valence electrons. The molecule has 2 N–H and O–H groups in total. The van der Waals surface area contributed by atoms with Gasteiger partial charge in [-0.2, -0.15) is 4.31 Å². The Kier molecular flexibility index (Phi) is 4.51. The third kappa shape index (κ3) is 3.34. The van der Waals surface area contributed by atoms with Gasteiger partial charge in [-0.3, -0.25) is 0 Å². The quantitative estimate of drug-likeness (QED) is 0.878. The molecule has 0 saturated carbocycles. The van der Waals surface area contributed by atoms with Gasteiger partial charge in [0.2, 0.25) is 10.0 Å². The second kappa shape index (κ2) is 6.01. The summed E-state index contributed by atoms with van der Waals surface area (Å²) in [4.78, 5) is -0.149. The zero-order valence-corrected chi connectivity index (χ0v) is 12.8. The molecule has 2 rings (SSSR count). The van der Waals surface area contributed by atoms with Crippen LogP contribution in [0, 0.1) is 5.82 Å². The van der Waals surface area contributed by atoms with Gasteiger partial charge >= 0.3 is 0 Å². The minimum absolute atomic E-state index is 0.0913. The van der Waals surface area contributed by atoms with Crippen LogP contribution in [0.1, 0.15) is 5.56 Å². The van der Waals surface area contributed by atoms with Crippen molar-refractivity contribution in [2.24, 2.45) is 0 Å². The van der Waals surface area contributed by atoms with Crippen molar-refractivity contribution in [2.45, 2.75) is 11.4 Å². The number of nitrogens with two attached hydrogens (primary N) is 1. The van der Waals surface area contributed by atoms with Crippen molar-refractivity contribution >= 4 is 27.3 Å². The van der Waals surface area contributed by atoms with Gasteiger partial charge in [0.1, 0.15) is 5.82 Å². The average molecular weight is 329 g/mol. The number of sulfonamides is 1. The topological polar surface area (TPSA) is 63.4 Å². The van der Waals surface area contributed by atoms with Crippen LogP contribution in [0.4, 0.5) is 10.1 Å². The average Bonchev–Trinajstić information content (AvgIpc) is 2.44. The molecule has 4 nitrogen and oxygen atoms in total. The number of nitrogens with zero attached hydrogens (tertiary/aromatic N) is 1. The summed E-state index contributed by atoms with van der Waals surface area (Å²) in [5.74, 6) is -0.762. The number of hydrogen-bond donors (Lipinski definition) is 1. The Bertz CT molecular complexity index is 765. The smallest absolute Gasteiger partial charge is 0.243 e. The molecule has 21 heavy (non-hydrogen) atoms. The molecule has 0 aromatic heterocycles. The maximum absolute atomic E-state index is 13.4. The molecule has 0 radical (unpaired) electrons. The first-order valence-corrected chi connectivity index (χ1v) is 7.89. The van der Waals surface area contributed by atoms with Crippen LogP contribution < -0.4 is 5.73 Å². The second-order valence-electron chi connectivity index (χ2n) is 4.54. The molecule has 0 heterocycles. The molecule has 0 bridgehead atoms. The molecule has 0 spiro atoms. The van der Waals surface area contributed by atoms with E-state index in [4.69, 9.17) is 17.3 Å². The number of hydrogen-bond acceptors (Lipinski definition) is 3. The molecule has 0 unspecified atom stereocenters. The van der Waals surface area contributed by atoms with E-state index in [0.717, 1.165) is 10.4 Å². The predicted molar refractivity (Wildman–Crippen MR) is 80.9 cm³/mol. The van der Waals surface area contributed by atoms with Gasteiger partial charge in [-0.1, -0.05) is 29.8 Å². The zero-order chi connectivity index (χ0) is 15.6. The third-order valence-corrected chi connectivity index (χ3v) is 5.20. The van der Waals surface area contributed by atoms with E-state index in [9.17, 15) is 12.8 Å². The lowest BCUT2D eigenvalue weighted by Gasteiger charge is -2.18. The highest BCUT2D eigenvalue weighted by Crippen LogP contribution is 2.23. The molecule has 2 aromatic rings. The summed E-state index contributed by atoms with van der Waals surface area (Å²) in [5.41, 5.74) is 5.92. The van der Waals surface area contributed by atoms with Crippen LogP contribution in [0.25, 0.3) is 0 Å². The summed E-state index contributed by atoms with van der Waals surface area (Å²) < 4.78 is 39.3. The van der Waals surface area contributed by atoms with Gasteiger partial charge in [0.25, 0.3) is 0 Å². The van der Waals surface area contributed by atoms with Crippen molar-refractivity contribution in [3.63, 3.8) is 0 Å². The SMILES string of the molecule is CN(Cc1ccccc1Cl)S(=O)(=O)c1ccc(N)c(F)c1. The fraction of sp³-hybridized carbons (Fsp3) is 0.143. The van der Waals surface area contributed by atoms with Gasteiger partial charge in [-0.15, -0.1) is 0 Å². The van der Waals surface area contributed by atoms with E-state index in [-0.39, 0.29) is 17.1 Å². The molecule has 7 heteroatoms. The molecule has 0 amide bonds. The highest BCUT2D eigenvalue weighted by atomic mass is 35.5. The van der Waals surface area contributed by atoms with Gasteiger partial charge in [-0.25, -0.2) is 12.8 Å². The summed E-state index contributed by atoms with van der Waals surface area (Å²) in [6, 6.07) is 10.4. The molecular formula is C14H14ClFN2O2S. The van der Waals surface area contributed by atoms with Crippen LogP contribution in [-0.4, -0.2) is 19.8 Å². The van der Waals surface area contributed by atoms with Crippen LogP contribution in [-0.2, 0) is 16.6 Å². The summed E-state index contributed by atoms with van der Waals surface area (Å²) in [6.07, 6.45) is 0. The van der Waals surface area contributed by atoms with Crippen molar-refractivity contribution < 1.29 is 12.8 Å². The normalized spacial score (nSPS) is 11.8. The Morgan fingerprint density at radius 2 is 1.90 bits per heavy atom. The molecule has 0 aliphatic carbocycles. The first kappa shape index (κ1) is 15.8. The van der Waals surface area contributed by atoms with Crippen LogP contribution in [0.5, 0.6) is 0 Å². The highest BCUT2D eigenvalue weighted by Gasteiger charge is 2.22. The first-order chi connectivity index (χ1) is 9.82. The molecule has 0 atom stereocenters. The van der Waals surface area contributed by atoms with E-state index in [1.165, 1.54) is 19.2 Å². The Balaban J connectivity index is 2.30. The van der Waals surface area contributed by atoms with E-state index in [1.807, 2.05) is 0 Å². The standard InChI is InChI=1S/C14H14ClFN2O2S/c1-18(9-10-4-2-3-5-12(10)15)21(19,20)11-6-7-14(17)13(16)8-11/h2-8H,9,17H2,1H3. The number of anilines is 1. The summed E-state index contributed by atoms with van der Waals surface area (Å²) >= 11 is 6.01. The third-order valence-electron chi connectivity index (χ3n) is 3.03. The van der Waals surface area contributed by atoms with Crippen molar-refractivity contribution in [3.8, 4) is 0 Å². The van der Waals surface area contributed by atoms with Gasteiger partial charge in [0.05, 0.1) is 10.6 Å².